The highest BCUT2D eigenvalue weighted by Gasteiger charge is 2.37. The maximum Gasteiger partial charge on any atom is 0.308 e. The van der Waals surface area contributed by atoms with E-state index < -0.39 is 11.5 Å². The number of primary amides is 1. The highest BCUT2D eigenvalue weighted by molar-refractivity contribution is 5.75. The molecule has 1 amide bonds. The molecule has 0 aromatic rings. The van der Waals surface area contributed by atoms with Crippen molar-refractivity contribution >= 4 is 11.9 Å². The first-order chi connectivity index (χ1) is 8.86. The van der Waals surface area contributed by atoms with E-state index in [0.717, 1.165) is 0 Å². The van der Waals surface area contributed by atoms with Crippen molar-refractivity contribution in [3.63, 3.8) is 0 Å². The van der Waals surface area contributed by atoms with Gasteiger partial charge < -0.3 is 15.6 Å². The molecule has 1 fully saturated rings. The zero-order valence-corrected chi connectivity index (χ0v) is 11.7. The molecule has 0 saturated heterocycles. The molecule has 6 heteroatoms. The summed E-state index contributed by atoms with van der Waals surface area (Å²) < 4.78 is 4.99. The molecular weight excluding hydrogens is 248 g/mol. The first-order valence-electron chi connectivity index (χ1n) is 6.72. The fraction of sp³-hybridized carbons (Fsp3) is 0.846. The third-order valence-electron chi connectivity index (χ3n) is 3.53. The van der Waals surface area contributed by atoms with E-state index in [-0.39, 0.29) is 18.4 Å². The second kappa shape index (κ2) is 6.86. The Hall–Kier alpha value is -1.14. The number of amides is 1. The van der Waals surface area contributed by atoms with Gasteiger partial charge in [0.15, 0.2) is 0 Å². The van der Waals surface area contributed by atoms with Crippen LogP contribution in [0.3, 0.4) is 0 Å². The molecule has 3 N–H and O–H groups in total. The molecule has 0 spiro atoms. The number of aliphatic hydroxyl groups is 1. The van der Waals surface area contributed by atoms with Gasteiger partial charge in [0.1, 0.15) is 0 Å². The van der Waals surface area contributed by atoms with Crippen LogP contribution in [0.4, 0.5) is 0 Å². The number of esters is 1. The van der Waals surface area contributed by atoms with E-state index in [1.807, 2.05) is 0 Å². The molecule has 0 atom stereocenters. The Balaban J connectivity index is 2.42. The van der Waals surface area contributed by atoms with Crippen molar-refractivity contribution in [3.8, 4) is 0 Å². The van der Waals surface area contributed by atoms with Crippen LogP contribution in [-0.4, -0.2) is 54.2 Å². The first kappa shape index (κ1) is 15.9. The van der Waals surface area contributed by atoms with Crippen molar-refractivity contribution in [2.45, 2.75) is 38.2 Å². The van der Waals surface area contributed by atoms with E-state index >= 15 is 0 Å². The van der Waals surface area contributed by atoms with Crippen LogP contribution in [0.2, 0.25) is 0 Å². The van der Waals surface area contributed by atoms with E-state index in [9.17, 15) is 14.7 Å². The molecule has 0 aromatic carbocycles. The number of nitrogens with two attached hydrogens (primary N) is 1. The summed E-state index contributed by atoms with van der Waals surface area (Å²) in [7, 11) is 1.75. The number of ether oxygens (including phenoxy) is 1. The summed E-state index contributed by atoms with van der Waals surface area (Å²) >= 11 is 0. The zero-order chi connectivity index (χ0) is 14.5. The number of rotatable bonds is 6. The Bertz CT molecular complexity index is 325. The molecule has 1 aliphatic carbocycles. The second-order valence-corrected chi connectivity index (χ2v) is 5.39. The molecule has 0 aliphatic heterocycles. The summed E-state index contributed by atoms with van der Waals surface area (Å²) in [5.41, 5.74) is 4.27. The topological polar surface area (TPSA) is 92.9 Å². The Labute approximate surface area is 113 Å². The molecule has 0 bridgehead atoms. The van der Waals surface area contributed by atoms with Gasteiger partial charge in [-0.05, 0) is 39.7 Å². The molecule has 0 heterocycles. The van der Waals surface area contributed by atoms with Crippen molar-refractivity contribution < 1.29 is 19.4 Å². The predicted molar refractivity (Wildman–Crippen MR) is 70.2 cm³/mol. The van der Waals surface area contributed by atoms with Crippen LogP contribution in [0.1, 0.15) is 32.6 Å². The van der Waals surface area contributed by atoms with Gasteiger partial charge in [-0.15, -0.1) is 0 Å². The maximum atomic E-state index is 11.6. The van der Waals surface area contributed by atoms with E-state index in [0.29, 0.717) is 38.8 Å². The number of hydrogen-bond donors (Lipinski definition) is 2. The van der Waals surface area contributed by atoms with Gasteiger partial charge in [0.2, 0.25) is 5.91 Å². The molecule has 0 aromatic heterocycles. The molecule has 6 nitrogen and oxygen atoms in total. The van der Waals surface area contributed by atoms with E-state index in [2.05, 4.69) is 0 Å². The molecule has 1 rings (SSSR count). The largest absolute Gasteiger partial charge is 0.466 e. The second-order valence-electron chi connectivity index (χ2n) is 5.39. The van der Waals surface area contributed by atoms with Gasteiger partial charge in [0, 0.05) is 6.54 Å². The number of nitrogens with zero attached hydrogens (tertiary/aromatic N) is 1. The molecule has 1 aliphatic rings. The average molecular weight is 272 g/mol. The van der Waals surface area contributed by atoms with E-state index in [4.69, 9.17) is 10.5 Å². The van der Waals surface area contributed by atoms with Gasteiger partial charge in [-0.3, -0.25) is 14.5 Å². The number of carbonyl (C=O) groups is 2. The van der Waals surface area contributed by atoms with Crippen molar-refractivity contribution in [2.24, 2.45) is 11.7 Å². The Morgan fingerprint density at radius 2 is 2.00 bits per heavy atom. The lowest BCUT2D eigenvalue weighted by atomic mass is 9.78. The molecule has 0 radical (unpaired) electrons. The molecular formula is C13H24N2O4. The standard InChI is InChI=1S/C13H24N2O4/c1-3-19-12(17)10-4-6-13(18,7-5-10)9-15(2)8-11(14)16/h10,18H,3-9H2,1-2H3,(H2,14,16). The summed E-state index contributed by atoms with van der Waals surface area (Å²) in [4.78, 5) is 24.1. The van der Waals surface area contributed by atoms with Crippen LogP contribution in [0, 0.1) is 5.92 Å². The van der Waals surface area contributed by atoms with E-state index in [1.165, 1.54) is 0 Å². The third-order valence-corrected chi connectivity index (χ3v) is 3.53. The maximum absolute atomic E-state index is 11.6. The first-order valence-corrected chi connectivity index (χ1v) is 6.72. The SMILES string of the molecule is CCOC(=O)C1CCC(O)(CN(C)CC(N)=O)CC1. The lowest BCUT2D eigenvalue weighted by Crippen LogP contribution is -2.47. The Kier molecular flexibility index (Phi) is 5.75. The minimum Gasteiger partial charge on any atom is -0.466 e. The molecule has 110 valence electrons. The molecule has 19 heavy (non-hydrogen) atoms. The number of carbonyl (C=O) groups excluding carboxylic acids is 2. The molecule has 1 saturated carbocycles. The zero-order valence-electron chi connectivity index (χ0n) is 11.7. The summed E-state index contributed by atoms with van der Waals surface area (Å²) in [5.74, 6) is -0.692. The van der Waals surface area contributed by atoms with Crippen molar-refractivity contribution in [1.29, 1.82) is 0 Å². The monoisotopic (exact) mass is 272 g/mol. The van der Waals surface area contributed by atoms with E-state index in [1.54, 1.807) is 18.9 Å². The van der Waals surface area contributed by atoms with Crippen LogP contribution in [0.25, 0.3) is 0 Å². The van der Waals surface area contributed by atoms with Gasteiger partial charge in [-0.25, -0.2) is 0 Å². The average Bonchev–Trinajstić information content (AvgIpc) is 2.28. The predicted octanol–water partition coefficient (Wildman–Crippen LogP) is -0.112. The van der Waals surface area contributed by atoms with Crippen molar-refractivity contribution in [2.75, 3.05) is 26.7 Å². The van der Waals surface area contributed by atoms with Crippen molar-refractivity contribution in [3.05, 3.63) is 0 Å². The summed E-state index contributed by atoms with van der Waals surface area (Å²) in [6, 6.07) is 0. The van der Waals surface area contributed by atoms with Crippen LogP contribution in [-0.2, 0) is 14.3 Å². The lowest BCUT2D eigenvalue weighted by Gasteiger charge is -2.37. The fourth-order valence-corrected chi connectivity index (χ4v) is 2.63. The highest BCUT2D eigenvalue weighted by atomic mass is 16.5. The van der Waals surface area contributed by atoms with Crippen LogP contribution in [0.5, 0.6) is 0 Å². The fourth-order valence-electron chi connectivity index (χ4n) is 2.63. The van der Waals surface area contributed by atoms with Crippen LogP contribution < -0.4 is 5.73 Å². The Morgan fingerprint density at radius 1 is 1.42 bits per heavy atom. The minimum absolute atomic E-state index is 0.110. The number of likely N-dealkylation sites (N-methyl/N-ethyl adjacent to an activating group) is 1. The van der Waals surface area contributed by atoms with Gasteiger partial charge in [0.25, 0.3) is 0 Å². The van der Waals surface area contributed by atoms with Gasteiger partial charge in [0.05, 0.1) is 24.7 Å². The van der Waals surface area contributed by atoms with Crippen LogP contribution in [0.15, 0.2) is 0 Å². The number of hydrogen-bond acceptors (Lipinski definition) is 5. The van der Waals surface area contributed by atoms with Gasteiger partial charge in [-0.2, -0.15) is 0 Å². The molecule has 0 unspecified atom stereocenters. The third kappa shape index (κ3) is 5.16. The quantitative estimate of drug-likeness (QED) is 0.658. The summed E-state index contributed by atoms with van der Waals surface area (Å²) in [5, 5.41) is 10.4. The summed E-state index contributed by atoms with van der Waals surface area (Å²) in [6.07, 6.45) is 2.33. The summed E-state index contributed by atoms with van der Waals surface area (Å²) in [6.45, 7) is 2.70. The van der Waals surface area contributed by atoms with Gasteiger partial charge >= 0.3 is 5.97 Å². The highest BCUT2D eigenvalue weighted by Crippen LogP contribution is 2.33. The Morgan fingerprint density at radius 3 is 2.47 bits per heavy atom. The minimum atomic E-state index is -0.840. The van der Waals surface area contributed by atoms with Crippen molar-refractivity contribution in [1.82, 2.24) is 4.90 Å². The van der Waals surface area contributed by atoms with Gasteiger partial charge in [-0.1, -0.05) is 0 Å². The smallest absolute Gasteiger partial charge is 0.308 e. The normalized spacial score (nSPS) is 27.3. The van der Waals surface area contributed by atoms with Crippen LogP contribution >= 0.6 is 0 Å². The lowest BCUT2D eigenvalue weighted by molar-refractivity contribution is -0.151.